The Morgan fingerprint density at radius 3 is 2.50 bits per heavy atom. The molecule has 0 aliphatic rings. The largest absolute Gasteiger partial charge is 0.478 e. The van der Waals surface area contributed by atoms with E-state index in [4.69, 9.17) is 9.84 Å². The number of aliphatic carboxylic acids is 1. The van der Waals surface area contributed by atoms with E-state index >= 15 is 0 Å². The number of carbonyl (C=O) groups is 2. The van der Waals surface area contributed by atoms with Gasteiger partial charge in [0, 0.05) is 38.9 Å². The van der Waals surface area contributed by atoms with Crippen molar-refractivity contribution in [1.29, 1.82) is 0 Å². The number of carboxylic acid groups (broad SMARTS) is 1. The monoisotopic (exact) mass is 277 g/mol. The summed E-state index contributed by atoms with van der Waals surface area (Å²) in [5, 5.41) is 8.54. The van der Waals surface area contributed by atoms with Crippen LogP contribution in [-0.2, 0) is 9.53 Å². The minimum absolute atomic E-state index is 0.0603. The summed E-state index contributed by atoms with van der Waals surface area (Å²) in [5.41, 5.74) is 1.32. The second-order valence-electron chi connectivity index (χ2n) is 4.37. The Hall–Kier alpha value is -2.14. The van der Waals surface area contributed by atoms with Gasteiger partial charge in [0.25, 0.3) is 5.91 Å². The van der Waals surface area contributed by atoms with Gasteiger partial charge in [-0.15, -0.1) is 0 Å². The van der Waals surface area contributed by atoms with E-state index in [2.05, 4.69) is 0 Å². The minimum atomic E-state index is -0.997. The summed E-state index contributed by atoms with van der Waals surface area (Å²) in [5.74, 6) is -1.06. The van der Waals surface area contributed by atoms with E-state index in [0.29, 0.717) is 18.7 Å². The first kappa shape index (κ1) is 15.9. The number of hydrogen-bond acceptors (Lipinski definition) is 3. The molecular formula is C15H19NO4. The molecule has 0 saturated carbocycles. The molecule has 0 radical (unpaired) electrons. The highest BCUT2D eigenvalue weighted by atomic mass is 16.5. The molecule has 0 heterocycles. The normalized spacial score (nSPS) is 10.7. The average Bonchev–Trinajstić information content (AvgIpc) is 2.45. The van der Waals surface area contributed by atoms with Crippen molar-refractivity contribution in [3.63, 3.8) is 0 Å². The third-order valence-corrected chi connectivity index (χ3v) is 2.76. The maximum atomic E-state index is 12.1. The van der Waals surface area contributed by atoms with E-state index in [9.17, 15) is 9.59 Å². The van der Waals surface area contributed by atoms with Crippen LogP contribution in [0.15, 0.2) is 30.3 Å². The van der Waals surface area contributed by atoms with Crippen LogP contribution in [0.3, 0.4) is 0 Å². The summed E-state index contributed by atoms with van der Waals surface area (Å²) in [6.07, 6.45) is 3.34. The van der Waals surface area contributed by atoms with Crippen molar-refractivity contribution < 1.29 is 19.4 Å². The van der Waals surface area contributed by atoms with E-state index in [1.54, 1.807) is 43.3 Å². The number of nitrogens with zero attached hydrogens (tertiary/aromatic N) is 1. The average molecular weight is 277 g/mol. The Morgan fingerprint density at radius 1 is 1.30 bits per heavy atom. The number of carboxylic acids is 1. The number of rotatable bonds is 7. The number of ether oxygens (including phenoxy) is 1. The van der Waals surface area contributed by atoms with Gasteiger partial charge in [-0.25, -0.2) is 4.79 Å². The fourth-order valence-electron chi connectivity index (χ4n) is 1.67. The molecule has 0 saturated heterocycles. The molecule has 0 spiro atoms. The predicted octanol–water partition coefficient (Wildman–Crippen LogP) is 1.89. The van der Waals surface area contributed by atoms with Crippen molar-refractivity contribution in [3.8, 4) is 0 Å². The van der Waals surface area contributed by atoms with Gasteiger partial charge < -0.3 is 14.7 Å². The molecule has 5 heteroatoms. The maximum absolute atomic E-state index is 12.1. The fraction of sp³-hybridized carbons (Fsp3) is 0.333. The van der Waals surface area contributed by atoms with Crippen LogP contribution in [-0.4, -0.2) is 49.2 Å². The Labute approximate surface area is 118 Å². The van der Waals surface area contributed by atoms with Gasteiger partial charge >= 0.3 is 5.97 Å². The molecule has 1 aromatic carbocycles. The Kier molecular flexibility index (Phi) is 6.46. The summed E-state index contributed by atoms with van der Waals surface area (Å²) >= 11 is 0. The molecule has 5 nitrogen and oxygen atoms in total. The fourth-order valence-corrected chi connectivity index (χ4v) is 1.67. The first-order chi connectivity index (χ1) is 9.54. The van der Waals surface area contributed by atoms with Crippen molar-refractivity contribution in [2.24, 2.45) is 0 Å². The molecule has 1 aromatic rings. The van der Waals surface area contributed by atoms with Crippen LogP contribution in [0.25, 0.3) is 6.08 Å². The van der Waals surface area contributed by atoms with Gasteiger partial charge in [0.05, 0.1) is 0 Å². The van der Waals surface area contributed by atoms with Crippen LogP contribution < -0.4 is 0 Å². The Bertz CT molecular complexity index is 479. The predicted molar refractivity (Wildman–Crippen MR) is 76.6 cm³/mol. The van der Waals surface area contributed by atoms with Gasteiger partial charge in [0.1, 0.15) is 0 Å². The number of hydrogen-bond donors (Lipinski definition) is 1. The SMILES string of the molecule is COCCCN(C)C(=O)c1ccc(C=CC(=O)O)cc1. The van der Waals surface area contributed by atoms with Gasteiger partial charge in [-0.05, 0) is 30.2 Å². The molecule has 0 bridgehead atoms. The highest BCUT2D eigenvalue weighted by Gasteiger charge is 2.10. The van der Waals surface area contributed by atoms with Crippen molar-refractivity contribution in [2.45, 2.75) is 6.42 Å². The van der Waals surface area contributed by atoms with Gasteiger partial charge in [0.2, 0.25) is 0 Å². The minimum Gasteiger partial charge on any atom is -0.478 e. The zero-order valence-electron chi connectivity index (χ0n) is 11.7. The van der Waals surface area contributed by atoms with Crippen LogP contribution in [0.4, 0.5) is 0 Å². The van der Waals surface area contributed by atoms with Crippen molar-refractivity contribution in [3.05, 3.63) is 41.5 Å². The summed E-state index contributed by atoms with van der Waals surface area (Å²) in [6.45, 7) is 1.25. The lowest BCUT2D eigenvalue weighted by molar-refractivity contribution is -0.131. The Morgan fingerprint density at radius 2 is 1.95 bits per heavy atom. The van der Waals surface area contributed by atoms with E-state index in [1.807, 2.05) is 0 Å². The molecule has 20 heavy (non-hydrogen) atoms. The number of amides is 1. The van der Waals surface area contributed by atoms with E-state index in [1.165, 1.54) is 6.08 Å². The lowest BCUT2D eigenvalue weighted by atomic mass is 10.1. The molecule has 1 rings (SSSR count). The van der Waals surface area contributed by atoms with Crippen molar-refractivity contribution in [2.75, 3.05) is 27.3 Å². The second-order valence-corrected chi connectivity index (χ2v) is 4.37. The highest BCUT2D eigenvalue weighted by Crippen LogP contribution is 2.08. The molecule has 108 valence electrons. The van der Waals surface area contributed by atoms with E-state index in [-0.39, 0.29) is 5.91 Å². The van der Waals surface area contributed by atoms with Crippen LogP contribution in [0.1, 0.15) is 22.3 Å². The molecule has 0 fully saturated rings. The van der Waals surface area contributed by atoms with Gasteiger partial charge in [-0.3, -0.25) is 4.79 Å². The molecular weight excluding hydrogens is 258 g/mol. The van der Waals surface area contributed by atoms with E-state index in [0.717, 1.165) is 18.1 Å². The van der Waals surface area contributed by atoms with Gasteiger partial charge in [-0.1, -0.05) is 12.1 Å². The van der Waals surface area contributed by atoms with Crippen molar-refractivity contribution >= 4 is 18.0 Å². The maximum Gasteiger partial charge on any atom is 0.328 e. The summed E-state index contributed by atoms with van der Waals surface area (Å²) in [4.78, 5) is 24.1. The van der Waals surface area contributed by atoms with Crippen LogP contribution >= 0.6 is 0 Å². The lowest BCUT2D eigenvalue weighted by Gasteiger charge is -2.16. The third-order valence-electron chi connectivity index (χ3n) is 2.76. The van der Waals surface area contributed by atoms with Gasteiger partial charge in [0.15, 0.2) is 0 Å². The molecule has 1 N–H and O–H groups in total. The van der Waals surface area contributed by atoms with Crippen LogP contribution in [0.5, 0.6) is 0 Å². The number of carbonyl (C=O) groups excluding carboxylic acids is 1. The summed E-state index contributed by atoms with van der Waals surface area (Å²) in [7, 11) is 3.38. The molecule has 0 aliphatic heterocycles. The van der Waals surface area contributed by atoms with Crippen molar-refractivity contribution in [1.82, 2.24) is 4.90 Å². The summed E-state index contributed by atoms with van der Waals surface area (Å²) < 4.78 is 4.95. The smallest absolute Gasteiger partial charge is 0.328 e. The van der Waals surface area contributed by atoms with E-state index < -0.39 is 5.97 Å². The lowest BCUT2D eigenvalue weighted by Crippen LogP contribution is -2.28. The molecule has 0 aliphatic carbocycles. The first-order valence-corrected chi connectivity index (χ1v) is 6.30. The Balaban J connectivity index is 2.63. The third kappa shape index (κ3) is 5.24. The molecule has 0 aromatic heterocycles. The molecule has 1 amide bonds. The van der Waals surface area contributed by atoms with Crippen LogP contribution in [0, 0.1) is 0 Å². The molecule has 0 atom stereocenters. The first-order valence-electron chi connectivity index (χ1n) is 6.30. The number of methoxy groups -OCH3 is 1. The second kappa shape index (κ2) is 8.12. The number of benzene rings is 1. The van der Waals surface area contributed by atoms with Gasteiger partial charge in [-0.2, -0.15) is 0 Å². The standard InChI is InChI=1S/C15H19NO4/c1-16(10-3-11-20-2)15(19)13-7-4-12(5-8-13)6-9-14(17)18/h4-9H,3,10-11H2,1-2H3,(H,17,18). The van der Waals surface area contributed by atoms with Crippen LogP contribution in [0.2, 0.25) is 0 Å². The quantitative estimate of drug-likeness (QED) is 0.610. The topological polar surface area (TPSA) is 66.8 Å². The summed E-state index contributed by atoms with van der Waals surface area (Å²) in [6, 6.07) is 6.82. The zero-order chi connectivity index (χ0) is 15.0. The molecule has 0 unspecified atom stereocenters. The highest BCUT2D eigenvalue weighted by molar-refractivity contribution is 5.94. The zero-order valence-corrected chi connectivity index (χ0v) is 11.7.